The summed E-state index contributed by atoms with van der Waals surface area (Å²) in [7, 11) is 0. The Morgan fingerprint density at radius 3 is 2.42 bits per heavy atom. The monoisotopic (exact) mass is 356 g/mol. The fourth-order valence-electron chi connectivity index (χ4n) is 2.54. The summed E-state index contributed by atoms with van der Waals surface area (Å²) in [6.07, 6.45) is 1.83. The maximum absolute atomic E-state index is 4.37. The molecule has 1 heterocycles. The van der Waals surface area contributed by atoms with Crippen molar-refractivity contribution >= 4 is 16.6 Å². The number of benzene rings is 1. The molecule has 0 radical (unpaired) electrons. The molecule has 122 valence electrons. The van der Waals surface area contributed by atoms with Crippen LogP contribution in [-0.4, -0.2) is 4.98 Å². The molecule has 1 unspecified atom stereocenters. The van der Waals surface area contributed by atoms with Crippen molar-refractivity contribution < 1.29 is 17.1 Å². The molecule has 1 N–H and O–H groups in total. The summed E-state index contributed by atoms with van der Waals surface area (Å²) in [4.78, 5) is 4.37. The first-order valence-electron chi connectivity index (χ1n) is 7.83. The Morgan fingerprint density at radius 2 is 1.75 bits per heavy atom. The summed E-state index contributed by atoms with van der Waals surface area (Å²) in [6.45, 7) is 2.17. The fraction of sp³-hybridized carbons (Fsp3) is 0.0952. The quantitative estimate of drug-likeness (QED) is 0.386. The number of hydrogen-bond donors (Lipinski definition) is 1. The normalized spacial score (nSPS) is 11.0. The molecule has 0 amide bonds. The molecule has 0 aliphatic rings. The average Bonchev–Trinajstić information content (AvgIpc) is 3.31. The van der Waals surface area contributed by atoms with E-state index < -0.39 is 0 Å². The molecule has 3 heteroatoms. The van der Waals surface area contributed by atoms with Crippen LogP contribution in [0.25, 0.3) is 10.9 Å². The van der Waals surface area contributed by atoms with Crippen LogP contribution in [0.1, 0.15) is 18.5 Å². The van der Waals surface area contributed by atoms with Crippen LogP contribution in [0, 0.1) is 0 Å². The third-order valence-corrected chi connectivity index (χ3v) is 3.76. The number of rotatable bonds is 3. The molecule has 0 saturated heterocycles. The van der Waals surface area contributed by atoms with Gasteiger partial charge in [0.25, 0.3) is 0 Å². The Balaban J connectivity index is 0.000000300. The average molecular weight is 356 g/mol. The topological polar surface area (TPSA) is 24.9 Å². The molecule has 0 bridgehead atoms. The van der Waals surface area contributed by atoms with Crippen molar-refractivity contribution in [1.82, 2.24) is 4.98 Å². The van der Waals surface area contributed by atoms with E-state index in [1.807, 2.05) is 54.7 Å². The molecule has 0 aliphatic carbocycles. The summed E-state index contributed by atoms with van der Waals surface area (Å²) in [6, 6.07) is 29.0. The van der Waals surface area contributed by atoms with Gasteiger partial charge in [0.15, 0.2) is 0 Å². The third kappa shape index (κ3) is 4.58. The van der Waals surface area contributed by atoms with Crippen molar-refractivity contribution in [1.29, 1.82) is 0 Å². The number of pyridine rings is 1. The fourth-order valence-corrected chi connectivity index (χ4v) is 2.54. The number of nitrogens with one attached hydrogen (secondary N) is 1. The van der Waals surface area contributed by atoms with Crippen LogP contribution < -0.4 is 5.32 Å². The van der Waals surface area contributed by atoms with Gasteiger partial charge in [-0.05, 0) is 31.2 Å². The van der Waals surface area contributed by atoms with Gasteiger partial charge in [-0.2, -0.15) is 30.3 Å². The number of aromatic nitrogens is 1. The number of anilines is 1. The summed E-state index contributed by atoms with van der Waals surface area (Å²) < 4.78 is 0. The molecule has 0 fully saturated rings. The van der Waals surface area contributed by atoms with E-state index in [1.165, 1.54) is 10.9 Å². The minimum atomic E-state index is 0. The predicted molar refractivity (Wildman–Crippen MR) is 97.9 cm³/mol. The van der Waals surface area contributed by atoms with Gasteiger partial charge in [0.1, 0.15) is 0 Å². The van der Waals surface area contributed by atoms with E-state index in [0.717, 1.165) is 11.2 Å². The minimum absolute atomic E-state index is 0. The van der Waals surface area contributed by atoms with Crippen molar-refractivity contribution in [3.05, 3.63) is 96.7 Å². The molecular weight excluding hydrogens is 336 g/mol. The number of nitrogens with zero attached hydrogens (tertiary/aromatic N) is 1. The molecule has 2 nitrogen and oxygen atoms in total. The minimum Gasteiger partial charge on any atom is -0.380 e. The van der Waals surface area contributed by atoms with Crippen molar-refractivity contribution in [2.45, 2.75) is 13.0 Å². The van der Waals surface area contributed by atoms with Gasteiger partial charge in [0, 0.05) is 23.3 Å². The molecule has 0 spiro atoms. The number of fused-ring (bicyclic) bond motifs is 1. The van der Waals surface area contributed by atoms with E-state index in [4.69, 9.17) is 0 Å². The van der Waals surface area contributed by atoms with Crippen LogP contribution >= 0.6 is 0 Å². The summed E-state index contributed by atoms with van der Waals surface area (Å²) >= 11 is 0. The maximum atomic E-state index is 4.37. The van der Waals surface area contributed by atoms with Crippen LogP contribution in [0.3, 0.4) is 0 Å². The molecule has 24 heavy (non-hydrogen) atoms. The first-order valence-corrected chi connectivity index (χ1v) is 7.83. The van der Waals surface area contributed by atoms with Crippen molar-refractivity contribution in [3.63, 3.8) is 0 Å². The van der Waals surface area contributed by atoms with E-state index in [9.17, 15) is 0 Å². The second-order valence-corrected chi connectivity index (χ2v) is 5.42. The summed E-state index contributed by atoms with van der Waals surface area (Å²) in [5.41, 5.74) is 3.46. The third-order valence-electron chi connectivity index (χ3n) is 3.76. The van der Waals surface area contributed by atoms with E-state index in [1.54, 1.807) is 0 Å². The van der Waals surface area contributed by atoms with Gasteiger partial charge >= 0.3 is 17.1 Å². The predicted octanol–water partition coefficient (Wildman–Crippen LogP) is 5.53. The van der Waals surface area contributed by atoms with Crippen molar-refractivity contribution in [2.24, 2.45) is 0 Å². The zero-order chi connectivity index (χ0) is 15.9. The Labute approximate surface area is 153 Å². The van der Waals surface area contributed by atoms with Gasteiger partial charge in [0.2, 0.25) is 0 Å². The van der Waals surface area contributed by atoms with Crippen LogP contribution in [0.2, 0.25) is 0 Å². The van der Waals surface area contributed by atoms with Gasteiger partial charge in [-0.15, -0.1) is 5.56 Å². The molecule has 0 aliphatic heterocycles. The van der Waals surface area contributed by atoms with Crippen molar-refractivity contribution in [2.75, 3.05) is 5.32 Å². The summed E-state index contributed by atoms with van der Waals surface area (Å²) in [5.74, 6) is 0. The van der Waals surface area contributed by atoms with Gasteiger partial charge < -0.3 is 5.32 Å². The number of hydrogen-bond acceptors (Lipinski definition) is 2. The van der Waals surface area contributed by atoms with Gasteiger partial charge in [-0.3, -0.25) is 4.98 Å². The SMILES string of the molecule is CC(Nc1cccc2ncccc12)c1ccc[cH-]1.[Fe+2].c1cc[cH-]c1. The van der Waals surface area contributed by atoms with E-state index in [0.29, 0.717) is 6.04 Å². The van der Waals surface area contributed by atoms with E-state index >= 15 is 0 Å². The van der Waals surface area contributed by atoms with Crippen molar-refractivity contribution in [3.8, 4) is 0 Å². The zero-order valence-electron chi connectivity index (χ0n) is 13.5. The van der Waals surface area contributed by atoms with Crippen LogP contribution in [0.15, 0.2) is 91.1 Å². The second kappa shape index (κ2) is 9.07. The first kappa shape index (κ1) is 18.0. The van der Waals surface area contributed by atoms with Gasteiger partial charge in [-0.1, -0.05) is 6.07 Å². The Bertz CT molecular complexity index is 798. The Hall–Kier alpha value is -2.35. The van der Waals surface area contributed by atoms with Gasteiger partial charge in [0.05, 0.1) is 5.52 Å². The molecule has 4 rings (SSSR count). The smallest absolute Gasteiger partial charge is 0.380 e. The zero-order valence-corrected chi connectivity index (χ0v) is 14.6. The molecule has 1 atom stereocenters. The van der Waals surface area contributed by atoms with Crippen LogP contribution in [0.4, 0.5) is 5.69 Å². The largest absolute Gasteiger partial charge is 2.00 e. The van der Waals surface area contributed by atoms with E-state index in [-0.39, 0.29) is 17.1 Å². The van der Waals surface area contributed by atoms with E-state index in [2.05, 4.69) is 53.6 Å². The van der Waals surface area contributed by atoms with Gasteiger partial charge in [-0.25, -0.2) is 24.3 Å². The molecule has 1 aromatic heterocycles. The molecule has 3 aromatic carbocycles. The Morgan fingerprint density at radius 1 is 0.917 bits per heavy atom. The maximum Gasteiger partial charge on any atom is 2.00 e. The summed E-state index contributed by atoms with van der Waals surface area (Å²) in [5, 5.41) is 4.71. The second-order valence-electron chi connectivity index (χ2n) is 5.42. The molecular formula is C21H20FeN2. The van der Waals surface area contributed by atoms with Crippen LogP contribution in [-0.2, 0) is 17.1 Å². The first-order chi connectivity index (χ1) is 11.3. The molecule has 0 saturated carbocycles. The molecule has 4 aromatic rings. The Kier molecular flexibility index (Phi) is 6.80. The van der Waals surface area contributed by atoms with Crippen LogP contribution in [0.5, 0.6) is 0 Å². The standard InChI is InChI=1S/C16H15N2.C5H5.Fe/c1-12(13-6-2-3-7-13)18-16-10-4-9-15-14(16)8-5-11-17-15;1-2-4-5-3-1;/h2-12,18H,1H3;1-5H;/q2*-1;+2.